The number of hydrogen-bond donors (Lipinski definition) is 0. The molecule has 17 heavy (non-hydrogen) atoms. The minimum atomic E-state index is 0.238. The molecule has 0 bridgehead atoms. The zero-order valence-corrected chi connectivity index (χ0v) is 12.6. The third kappa shape index (κ3) is 4.63. The fourth-order valence-corrected chi connectivity index (χ4v) is 2.72. The third-order valence-electron chi connectivity index (χ3n) is 2.37. The lowest BCUT2D eigenvalue weighted by atomic mass is 10.1. The fourth-order valence-electron chi connectivity index (χ4n) is 1.68. The van der Waals surface area contributed by atoms with Crippen LogP contribution in [0.1, 0.15) is 38.8 Å². The Morgan fingerprint density at radius 1 is 1.06 bits per heavy atom. The van der Waals surface area contributed by atoms with Crippen molar-refractivity contribution >= 4 is 11.8 Å². The molecule has 0 aliphatic heterocycles. The predicted molar refractivity (Wildman–Crippen MR) is 77.2 cm³/mol. The summed E-state index contributed by atoms with van der Waals surface area (Å²) in [5, 5.41) is 0. The van der Waals surface area contributed by atoms with Crippen molar-refractivity contribution in [2.24, 2.45) is 5.92 Å². The van der Waals surface area contributed by atoms with Crippen molar-refractivity contribution in [3.63, 3.8) is 0 Å². The van der Waals surface area contributed by atoms with Crippen molar-refractivity contribution in [2.45, 2.75) is 52.5 Å². The molecule has 0 radical (unpaired) electrons. The molecule has 0 aliphatic rings. The van der Waals surface area contributed by atoms with Gasteiger partial charge in [0, 0.05) is 10.6 Å². The number of benzene rings is 1. The molecule has 1 aromatic rings. The molecule has 0 saturated carbocycles. The number of thioether (sulfide) groups is 1. The molecule has 1 rings (SSSR count). The lowest BCUT2D eigenvalue weighted by molar-refractivity contribution is 0.239. The monoisotopic (exact) mass is 252 g/mol. The van der Waals surface area contributed by atoms with Gasteiger partial charge in [-0.15, -0.1) is 11.8 Å². The van der Waals surface area contributed by atoms with Crippen LogP contribution in [0.2, 0.25) is 0 Å². The van der Waals surface area contributed by atoms with E-state index in [1.807, 2.05) is 11.8 Å². The van der Waals surface area contributed by atoms with Crippen molar-refractivity contribution in [3.05, 3.63) is 23.3 Å². The van der Waals surface area contributed by atoms with Gasteiger partial charge in [0.1, 0.15) is 5.75 Å². The molecule has 0 heterocycles. The zero-order valence-electron chi connectivity index (χ0n) is 11.8. The molecule has 2 heteroatoms. The van der Waals surface area contributed by atoms with E-state index in [9.17, 15) is 0 Å². The van der Waals surface area contributed by atoms with Crippen molar-refractivity contribution in [3.8, 4) is 5.75 Å². The van der Waals surface area contributed by atoms with Crippen molar-refractivity contribution in [2.75, 3.05) is 5.75 Å². The van der Waals surface area contributed by atoms with E-state index in [2.05, 4.69) is 53.7 Å². The first-order chi connectivity index (χ1) is 7.90. The Labute approximate surface area is 110 Å². The molecule has 96 valence electrons. The summed E-state index contributed by atoms with van der Waals surface area (Å²) in [5.74, 6) is 2.95. The van der Waals surface area contributed by atoms with Crippen LogP contribution >= 0.6 is 11.8 Å². The maximum absolute atomic E-state index is 5.85. The van der Waals surface area contributed by atoms with E-state index in [4.69, 9.17) is 4.74 Å². The molecule has 0 aromatic heterocycles. The van der Waals surface area contributed by atoms with E-state index in [-0.39, 0.29) is 6.10 Å². The van der Waals surface area contributed by atoms with Crippen LogP contribution in [0.15, 0.2) is 17.0 Å². The van der Waals surface area contributed by atoms with Crippen LogP contribution < -0.4 is 4.74 Å². The average molecular weight is 252 g/mol. The lowest BCUT2D eigenvalue weighted by Gasteiger charge is -2.16. The molecule has 0 amide bonds. The van der Waals surface area contributed by atoms with Crippen molar-refractivity contribution < 1.29 is 4.74 Å². The highest BCUT2D eigenvalue weighted by atomic mass is 32.2. The fraction of sp³-hybridized carbons (Fsp3) is 0.600. The van der Waals surface area contributed by atoms with Gasteiger partial charge in [-0.25, -0.2) is 0 Å². The summed E-state index contributed by atoms with van der Waals surface area (Å²) >= 11 is 1.93. The first kappa shape index (κ1) is 14.4. The Hall–Kier alpha value is -0.630. The highest BCUT2D eigenvalue weighted by Gasteiger charge is 2.08. The van der Waals surface area contributed by atoms with E-state index in [0.717, 1.165) is 11.7 Å². The smallest absolute Gasteiger partial charge is 0.125 e. The second-order valence-corrected chi connectivity index (χ2v) is 6.35. The van der Waals surface area contributed by atoms with Gasteiger partial charge in [0.2, 0.25) is 0 Å². The Balaban J connectivity index is 2.85. The molecule has 0 aliphatic carbocycles. The van der Waals surface area contributed by atoms with Gasteiger partial charge >= 0.3 is 0 Å². The summed E-state index contributed by atoms with van der Waals surface area (Å²) in [4.78, 5) is 1.35. The van der Waals surface area contributed by atoms with Crippen molar-refractivity contribution in [1.82, 2.24) is 0 Å². The maximum Gasteiger partial charge on any atom is 0.125 e. The highest BCUT2D eigenvalue weighted by Crippen LogP contribution is 2.31. The second-order valence-electron chi connectivity index (χ2n) is 5.26. The SMILES string of the molecule is Cc1cc(SCC(C)C)cc(C)c1OC(C)C. The Morgan fingerprint density at radius 2 is 1.59 bits per heavy atom. The molecule has 0 atom stereocenters. The van der Waals surface area contributed by atoms with Gasteiger partial charge in [-0.3, -0.25) is 0 Å². The molecular formula is C15H24OS. The van der Waals surface area contributed by atoms with E-state index in [1.54, 1.807) is 0 Å². The van der Waals surface area contributed by atoms with Gasteiger partial charge in [0.25, 0.3) is 0 Å². The topological polar surface area (TPSA) is 9.23 Å². The van der Waals surface area contributed by atoms with Gasteiger partial charge in [0.05, 0.1) is 6.10 Å². The van der Waals surface area contributed by atoms with E-state index in [1.165, 1.54) is 21.8 Å². The summed E-state index contributed by atoms with van der Waals surface area (Å²) in [6, 6.07) is 4.47. The van der Waals surface area contributed by atoms with Crippen LogP contribution in [-0.4, -0.2) is 11.9 Å². The first-order valence-electron chi connectivity index (χ1n) is 6.30. The standard InChI is InChI=1S/C15H24OS/c1-10(2)9-17-14-7-12(5)15(13(6)8-14)16-11(3)4/h7-8,10-11H,9H2,1-6H3. The summed E-state index contributed by atoms with van der Waals surface area (Å²) in [7, 11) is 0. The summed E-state index contributed by atoms with van der Waals surface area (Å²) in [5.41, 5.74) is 2.48. The van der Waals surface area contributed by atoms with E-state index < -0.39 is 0 Å². The van der Waals surface area contributed by atoms with Crippen LogP contribution in [0.3, 0.4) is 0 Å². The summed E-state index contributed by atoms with van der Waals surface area (Å²) in [6.07, 6.45) is 0.238. The van der Waals surface area contributed by atoms with Gasteiger partial charge in [-0.1, -0.05) is 13.8 Å². The minimum Gasteiger partial charge on any atom is -0.490 e. The first-order valence-corrected chi connectivity index (χ1v) is 7.29. The quantitative estimate of drug-likeness (QED) is 0.694. The molecule has 0 N–H and O–H groups in total. The molecule has 0 fully saturated rings. The van der Waals surface area contributed by atoms with Gasteiger partial charge < -0.3 is 4.74 Å². The van der Waals surface area contributed by atoms with Crippen LogP contribution in [0.25, 0.3) is 0 Å². The number of rotatable bonds is 5. The van der Waals surface area contributed by atoms with E-state index >= 15 is 0 Å². The largest absolute Gasteiger partial charge is 0.490 e. The Kier molecular flexibility index (Phi) is 5.38. The highest BCUT2D eigenvalue weighted by molar-refractivity contribution is 7.99. The summed E-state index contributed by atoms with van der Waals surface area (Å²) in [6.45, 7) is 12.9. The van der Waals surface area contributed by atoms with Crippen LogP contribution in [0.4, 0.5) is 0 Å². The number of hydrogen-bond acceptors (Lipinski definition) is 2. The Morgan fingerprint density at radius 3 is 2.00 bits per heavy atom. The molecule has 0 spiro atoms. The zero-order chi connectivity index (χ0) is 13.0. The van der Waals surface area contributed by atoms with Crippen molar-refractivity contribution in [1.29, 1.82) is 0 Å². The molecule has 1 nitrogen and oxygen atoms in total. The van der Waals surface area contributed by atoms with Crippen LogP contribution in [-0.2, 0) is 0 Å². The van der Waals surface area contributed by atoms with Gasteiger partial charge in [-0.2, -0.15) is 0 Å². The van der Waals surface area contributed by atoms with Gasteiger partial charge in [-0.05, 0) is 56.9 Å². The summed E-state index contributed by atoms with van der Waals surface area (Å²) < 4.78 is 5.85. The number of ether oxygens (including phenoxy) is 1. The third-order valence-corrected chi connectivity index (χ3v) is 3.77. The normalized spacial score (nSPS) is 11.3. The molecular weight excluding hydrogens is 228 g/mol. The molecule has 0 unspecified atom stereocenters. The average Bonchev–Trinajstić information content (AvgIpc) is 2.20. The van der Waals surface area contributed by atoms with E-state index in [0.29, 0.717) is 0 Å². The second kappa shape index (κ2) is 6.34. The number of aryl methyl sites for hydroxylation is 2. The Bertz CT molecular complexity index is 346. The molecule has 0 saturated heterocycles. The van der Waals surface area contributed by atoms with Crippen LogP contribution in [0.5, 0.6) is 5.75 Å². The van der Waals surface area contributed by atoms with Crippen LogP contribution in [0, 0.1) is 19.8 Å². The lowest BCUT2D eigenvalue weighted by Crippen LogP contribution is -2.08. The minimum absolute atomic E-state index is 0.238. The predicted octanol–water partition coefficient (Wildman–Crippen LogP) is 4.84. The molecule has 1 aromatic carbocycles. The maximum atomic E-state index is 5.85. The van der Waals surface area contributed by atoms with Gasteiger partial charge in [0.15, 0.2) is 0 Å².